The van der Waals surface area contributed by atoms with Gasteiger partial charge in [0.1, 0.15) is 0 Å². The van der Waals surface area contributed by atoms with Crippen molar-refractivity contribution in [1.82, 2.24) is 9.29 Å². The summed E-state index contributed by atoms with van der Waals surface area (Å²) in [5.74, 6) is 1.82. The second kappa shape index (κ2) is 4.39. The van der Waals surface area contributed by atoms with Gasteiger partial charge < -0.3 is 9.54 Å². The molecule has 0 radical (unpaired) electrons. The molecule has 1 atom stereocenters. The molecule has 14 heavy (non-hydrogen) atoms. The molecule has 0 aliphatic carbocycles. The first-order valence-electron chi connectivity index (χ1n) is 4.21. The van der Waals surface area contributed by atoms with Crippen LogP contribution in [-0.4, -0.2) is 32.0 Å². The third-order valence-electron chi connectivity index (χ3n) is 1.91. The average Bonchev–Trinajstić information content (AvgIpc) is 2.71. The molecule has 1 aliphatic rings. The maximum Gasteiger partial charge on any atom is 0.248 e. The molecule has 2 heterocycles. The zero-order chi connectivity index (χ0) is 9.97. The topological polar surface area (TPSA) is 59.2 Å². The van der Waals surface area contributed by atoms with Crippen LogP contribution in [0.25, 0.3) is 0 Å². The Hall–Kier alpha value is -0.430. The Morgan fingerprint density at radius 2 is 2.43 bits per heavy atom. The van der Waals surface area contributed by atoms with Gasteiger partial charge >= 0.3 is 0 Å². The van der Waals surface area contributed by atoms with E-state index in [0.717, 1.165) is 18.2 Å². The molecule has 1 aromatic rings. The van der Waals surface area contributed by atoms with Crippen molar-refractivity contribution < 1.29 is 4.55 Å². The standard InChI is InChI=1S/C8H10N2O2S2/c11-8-2-1-7(5-9-8)14(12)10-3-4-13-6-10/h1-2,5H,3-4,6H2,(H,9,11). The molecule has 1 fully saturated rings. The van der Waals surface area contributed by atoms with E-state index in [4.69, 9.17) is 0 Å². The molecule has 4 nitrogen and oxygen atoms in total. The molecule has 0 amide bonds. The van der Waals surface area contributed by atoms with Crippen LogP contribution in [0.4, 0.5) is 0 Å². The number of thioether (sulfide) groups is 1. The fraction of sp³-hybridized carbons (Fsp3) is 0.375. The van der Waals surface area contributed by atoms with E-state index in [0.29, 0.717) is 4.90 Å². The van der Waals surface area contributed by atoms with Gasteiger partial charge in [0.2, 0.25) is 5.56 Å². The minimum absolute atomic E-state index is 0.165. The van der Waals surface area contributed by atoms with Crippen molar-refractivity contribution in [3.05, 3.63) is 28.7 Å². The van der Waals surface area contributed by atoms with Crippen molar-refractivity contribution in [2.75, 3.05) is 18.2 Å². The van der Waals surface area contributed by atoms with E-state index in [1.807, 2.05) is 4.31 Å². The normalized spacial score (nSPS) is 19.8. The Morgan fingerprint density at radius 1 is 1.57 bits per heavy atom. The molecule has 6 heteroatoms. The number of aromatic nitrogens is 1. The zero-order valence-electron chi connectivity index (χ0n) is 7.43. The van der Waals surface area contributed by atoms with E-state index in [-0.39, 0.29) is 5.56 Å². The van der Waals surface area contributed by atoms with E-state index >= 15 is 0 Å². The van der Waals surface area contributed by atoms with Gasteiger partial charge in [-0.1, -0.05) is 0 Å². The van der Waals surface area contributed by atoms with Gasteiger partial charge in [0.05, 0.1) is 30.0 Å². The summed E-state index contributed by atoms with van der Waals surface area (Å²) in [6, 6.07) is 3.01. The number of H-pyrrole nitrogens is 1. The first-order valence-corrected chi connectivity index (χ1v) is 6.47. The minimum atomic E-state index is -1.12. The smallest absolute Gasteiger partial charge is 0.248 e. The van der Waals surface area contributed by atoms with Gasteiger partial charge in [-0.05, 0) is 0 Å². The van der Waals surface area contributed by atoms with Gasteiger partial charge in [0, 0.05) is 17.9 Å². The van der Waals surface area contributed by atoms with Crippen LogP contribution in [0.1, 0.15) is 0 Å². The first-order chi connectivity index (χ1) is 6.77. The Labute approximate surface area is 89.0 Å². The highest BCUT2D eigenvalue weighted by Crippen LogP contribution is 2.21. The number of pyridine rings is 1. The van der Waals surface area contributed by atoms with Crippen LogP contribution in [-0.2, 0) is 11.4 Å². The van der Waals surface area contributed by atoms with Gasteiger partial charge in [-0.15, -0.1) is 16.1 Å². The highest BCUT2D eigenvalue weighted by atomic mass is 32.2. The lowest BCUT2D eigenvalue weighted by molar-refractivity contribution is 0.488. The fourth-order valence-corrected chi connectivity index (χ4v) is 3.61. The molecule has 2 rings (SSSR count). The highest BCUT2D eigenvalue weighted by Gasteiger charge is 2.26. The number of aromatic amines is 1. The molecule has 0 saturated carbocycles. The molecule has 0 bridgehead atoms. The molecule has 0 spiro atoms. The number of hydrogen-bond acceptors (Lipinski definition) is 4. The number of nitrogens with one attached hydrogen (secondary N) is 1. The highest BCUT2D eigenvalue weighted by molar-refractivity contribution is 8.00. The zero-order valence-corrected chi connectivity index (χ0v) is 9.07. The molecule has 0 aromatic carbocycles. The fourth-order valence-electron chi connectivity index (χ4n) is 1.18. The lowest BCUT2D eigenvalue weighted by Gasteiger charge is -2.17. The van der Waals surface area contributed by atoms with Crippen LogP contribution in [0.5, 0.6) is 0 Å². The molecule has 76 valence electrons. The summed E-state index contributed by atoms with van der Waals surface area (Å²) in [5, 5.41) is 0. The summed E-state index contributed by atoms with van der Waals surface area (Å²) < 4.78 is 13.7. The van der Waals surface area contributed by atoms with Gasteiger partial charge in [-0.25, -0.2) is 0 Å². The van der Waals surface area contributed by atoms with Crippen LogP contribution in [0.15, 0.2) is 28.0 Å². The van der Waals surface area contributed by atoms with Gasteiger partial charge in [0.15, 0.2) is 4.90 Å². The van der Waals surface area contributed by atoms with Gasteiger partial charge in [-0.2, -0.15) is 0 Å². The van der Waals surface area contributed by atoms with E-state index in [2.05, 4.69) is 4.98 Å². The summed E-state index contributed by atoms with van der Waals surface area (Å²) in [6.45, 7) is 0.844. The number of rotatable bonds is 2. The second-order valence-electron chi connectivity index (χ2n) is 2.88. The molecular formula is C8H10N2O2S2. The summed E-state index contributed by atoms with van der Waals surface area (Å²) in [7, 11) is 0. The SMILES string of the molecule is O=c1ccc([S+]([O-])N2CCSC2)c[nH]1. The van der Waals surface area contributed by atoms with Crippen LogP contribution >= 0.6 is 11.8 Å². The quantitative estimate of drug-likeness (QED) is 0.747. The molecule has 1 N–H and O–H groups in total. The maximum atomic E-state index is 11.9. The molecule has 1 aromatic heterocycles. The number of nitrogens with zero attached hydrogens (tertiary/aromatic N) is 1. The maximum absolute atomic E-state index is 11.9. The van der Waals surface area contributed by atoms with Crippen molar-refractivity contribution >= 4 is 23.1 Å². The Bertz CT molecular complexity index is 342. The Balaban J connectivity index is 2.13. The van der Waals surface area contributed by atoms with Crippen molar-refractivity contribution in [2.24, 2.45) is 0 Å². The first kappa shape index (κ1) is 10.1. The minimum Gasteiger partial charge on any atom is -0.593 e. The summed E-state index contributed by atoms with van der Waals surface area (Å²) in [6.07, 6.45) is 1.52. The molecular weight excluding hydrogens is 220 g/mol. The average molecular weight is 230 g/mol. The summed E-state index contributed by atoms with van der Waals surface area (Å²) >= 11 is 0.645. The number of hydrogen-bond donors (Lipinski definition) is 1. The molecule has 1 unspecified atom stereocenters. The summed E-state index contributed by atoms with van der Waals surface area (Å²) in [4.78, 5) is 14.0. The third-order valence-corrected chi connectivity index (χ3v) is 4.48. The van der Waals surface area contributed by atoms with Gasteiger partial charge in [-0.3, -0.25) is 4.79 Å². The Morgan fingerprint density at radius 3 is 3.00 bits per heavy atom. The van der Waals surface area contributed by atoms with Gasteiger partial charge in [0.25, 0.3) is 0 Å². The predicted molar refractivity (Wildman–Crippen MR) is 57.5 cm³/mol. The van der Waals surface area contributed by atoms with Crippen molar-refractivity contribution in [2.45, 2.75) is 4.90 Å². The predicted octanol–water partition coefficient (Wildman–Crippen LogP) is 0.404. The van der Waals surface area contributed by atoms with E-state index in [1.165, 1.54) is 12.3 Å². The van der Waals surface area contributed by atoms with E-state index < -0.39 is 11.4 Å². The largest absolute Gasteiger partial charge is 0.593 e. The second-order valence-corrected chi connectivity index (χ2v) is 5.44. The summed E-state index contributed by atoms with van der Waals surface area (Å²) in [5.41, 5.74) is -0.165. The van der Waals surface area contributed by atoms with Crippen LogP contribution in [0.2, 0.25) is 0 Å². The molecule has 1 saturated heterocycles. The van der Waals surface area contributed by atoms with Crippen molar-refractivity contribution in [3.63, 3.8) is 0 Å². The van der Waals surface area contributed by atoms with Crippen molar-refractivity contribution in [3.8, 4) is 0 Å². The monoisotopic (exact) mass is 230 g/mol. The van der Waals surface area contributed by atoms with Crippen molar-refractivity contribution in [1.29, 1.82) is 0 Å². The van der Waals surface area contributed by atoms with Crippen LogP contribution in [0, 0.1) is 0 Å². The van der Waals surface area contributed by atoms with E-state index in [9.17, 15) is 9.35 Å². The third kappa shape index (κ3) is 2.14. The molecule has 1 aliphatic heterocycles. The van der Waals surface area contributed by atoms with E-state index in [1.54, 1.807) is 17.8 Å². The lowest BCUT2D eigenvalue weighted by Crippen LogP contribution is -2.28. The Kier molecular flexibility index (Phi) is 3.17. The van der Waals surface area contributed by atoms with Crippen LogP contribution in [0.3, 0.4) is 0 Å². The van der Waals surface area contributed by atoms with Crippen LogP contribution < -0.4 is 5.56 Å². The lowest BCUT2D eigenvalue weighted by atomic mass is 10.5.